The van der Waals surface area contributed by atoms with Gasteiger partial charge >= 0.3 is 0 Å². The summed E-state index contributed by atoms with van der Waals surface area (Å²) in [5.74, 6) is -0.349. The Morgan fingerprint density at radius 2 is 1.83 bits per heavy atom. The van der Waals surface area contributed by atoms with Gasteiger partial charge < -0.3 is 0 Å². The minimum atomic E-state index is -0.349. The van der Waals surface area contributed by atoms with Gasteiger partial charge in [-0.25, -0.2) is 4.39 Å². The van der Waals surface area contributed by atoms with Crippen molar-refractivity contribution < 1.29 is 4.39 Å². The number of hydrogen-bond donors (Lipinski definition) is 0. The third kappa shape index (κ3) is 2.64. The summed E-state index contributed by atoms with van der Waals surface area (Å²) in [6, 6.07) is 11.5. The van der Waals surface area contributed by atoms with Gasteiger partial charge in [0.2, 0.25) is 0 Å². The Morgan fingerprint density at radius 3 is 2.50 bits per heavy atom. The van der Waals surface area contributed by atoms with Gasteiger partial charge in [-0.1, -0.05) is 35.3 Å². The van der Waals surface area contributed by atoms with E-state index in [1.807, 2.05) is 0 Å². The highest BCUT2D eigenvalue weighted by Crippen LogP contribution is 2.31. The molecule has 2 aromatic carbocycles. The summed E-state index contributed by atoms with van der Waals surface area (Å²) in [6.07, 6.45) is 0.218. The molecule has 0 heterocycles. The molecule has 18 heavy (non-hydrogen) atoms. The molecule has 2 rings (SSSR count). The third-order valence-corrected chi connectivity index (χ3v) is 3.31. The highest BCUT2D eigenvalue weighted by atomic mass is 35.5. The standard InChI is InChI=1S/C14H8Cl2FN/c15-13-4-2-10(7-14(13)16)12-8-11(17)3-1-9(12)5-6-18/h1-4,7-8H,5H2. The maximum atomic E-state index is 13.3. The number of nitrogens with zero attached hydrogens (tertiary/aromatic N) is 1. The van der Waals surface area contributed by atoms with E-state index in [-0.39, 0.29) is 12.2 Å². The quantitative estimate of drug-likeness (QED) is 0.770. The highest BCUT2D eigenvalue weighted by Gasteiger charge is 2.08. The van der Waals surface area contributed by atoms with Gasteiger partial charge in [0.05, 0.1) is 22.5 Å². The van der Waals surface area contributed by atoms with Crippen molar-refractivity contribution in [1.29, 1.82) is 5.26 Å². The van der Waals surface area contributed by atoms with Crippen molar-refractivity contribution >= 4 is 23.2 Å². The number of halogens is 3. The van der Waals surface area contributed by atoms with Crippen molar-refractivity contribution in [3.8, 4) is 17.2 Å². The van der Waals surface area contributed by atoms with Gasteiger partial charge in [0, 0.05) is 0 Å². The summed E-state index contributed by atoms with van der Waals surface area (Å²) in [6.45, 7) is 0. The maximum absolute atomic E-state index is 13.3. The molecule has 90 valence electrons. The number of nitriles is 1. The van der Waals surface area contributed by atoms with Gasteiger partial charge in [0.1, 0.15) is 5.82 Å². The van der Waals surface area contributed by atoms with E-state index in [0.29, 0.717) is 15.6 Å². The first-order valence-electron chi connectivity index (χ1n) is 5.22. The van der Waals surface area contributed by atoms with Gasteiger partial charge in [0.15, 0.2) is 0 Å². The van der Waals surface area contributed by atoms with Crippen LogP contribution in [0.4, 0.5) is 4.39 Å². The molecule has 4 heteroatoms. The van der Waals surface area contributed by atoms with Gasteiger partial charge in [-0.3, -0.25) is 0 Å². The zero-order valence-corrected chi connectivity index (χ0v) is 10.8. The number of benzene rings is 2. The van der Waals surface area contributed by atoms with Gasteiger partial charge in [0.25, 0.3) is 0 Å². The summed E-state index contributed by atoms with van der Waals surface area (Å²) in [5, 5.41) is 9.62. The molecule has 0 aliphatic rings. The molecule has 0 unspecified atom stereocenters. The van der Waals surface area contributed by atoms with Crippen molar-refractivity contribution in [1.82, 2.24) is 0 Å². The lowest BCUT2D eigenvalue weighted by Crippen LogP contribution is -1.90. The lowest BCUT2D eigenvalue weighted by atomic mass is 9.98. The minimum absolute atomic E-state index is 0.218. The molecule has 0 atom stereocenters. The largest absolute Gasteiger partial charge is 0.207 e. The molecule has 0 aromatic heterocycles. The van der Waals surface area contributed by atoms with E-state index in [9.17, 15) is 4.39 Å². The lowest BCUT2D eigenvalue weighted by Gasteiger charge is -2.08. The second-order valence-electron chi connectivity index (χ2n) is 3.77. The van der Waals surface area contributed by atoms with E-state index >= 15 is 0 Å². The Kier molecular flexibility index (Phi) is 3.86. The van der Waals surface area contributed by atoms with E-state index in [2.05, 4.69) is 6.07 Å². The van der Waals surface area contributed by atoms with Crippen LogP contribution in [0.1, 0.15) is 5.56 Å². The molecule has 1 nitrogen and oxygen atoms in total. The van der Waals surface area contributed by atoms with Crippen LogP contribution in [0.2, 0.25) is 10.0 Å². The normalized spacial score (nSPS) is 10.1. The van der Waals surface area contributed by atoms with Gasteiger partial charge in [-0.15, -0.1) is 0 Å². The van der Waals surface area contributed by atoms with Crippen LogP contribution in [0.5, 0.6) is 0 Å². The Hall–Kier alpha value is -1.56. The second kappa shape index (κ2) is 5.39. The van der Waals surface area contributed by atoms with Crippen LogP contribution < -0.4 is 0 Å². The zero-order valence-electron chi connectivity index (χ0n) is 9.25. The number of hydrogen-bond acceptors (Lipinski definition) is 1. The van der Waals surface area contributed by atoms with Gasteiger partial charge in [-0.05, 0) is 41.0 Å². The SMILES string of the molecule is N#CCc1ccc(F)cc1-c1ccc(Cl)c(Cl)c1. The van der Waals surface area contributed by atoms with Gasteiger partial charge in [-0.2, -0.15) is 5.26 Å². The summed E-state index contributed by atoms with van der Waals surface area (Å²) < 4.78 is 13.3. The van der Waals surface area contributed by atoms with E-state index < -0.39 is 0 Å². The maximum Gasteiger partial charge on any atom is 0.123 e. The summed E-state index contributed by atoms with van der Waals surface area (Å²) in [7, 11) is 0. The first-order valence-corrected chi connectivity index (χ1v) is 5.98. The molecule has 0 saturated heterocycles. The van der Waals surface area contributed by atoms with Crippen molar-refractivity contribution in [3.63, 3.8) is 0 Å². The van der Waals surface area contributed by atoms with Crippen LogP contribution in [0.3, 0.4) is 0 Å². The molecule has 0 spiro atoms. The Balaban J connectivity index is 2.58. The van der Waals surface area contributed by atoms with Crippen LogP contribution in [0.15, 0.2) is 36.4 Å². The Labute approximate surface area is 114 Å². The van der Waals surface area contributed by atoms with Crippen LogP contribution in [-0.2, 0) is 6.42 Å². The monoisotopic (exact) mass is 279 g/mol. The molecule has 0 aliphatic carbocycles. The predicted molar refractivity (Wildman–Crippen MR) is 71.2 cm³/mol. The topological polar surface area (TPSA) is 23.8 Å². The van der Waals surface area contributed by atoms with Crippen molar-refractivity contribution in [2.24, 2.45) is 0 Å². The molecule has 0 fully saturated rings. The highest BCUT2D eigenvalue weighted by molar-refractivity contribution is 6.42. The minimum Gasteiger partial charge on any atom is -0.207 e. The van der Waals surface area contributed by atoms with E-state index in [0.717, 1.165) is 11.1 Å². The fourth-order valence-corrected chi connectivity index (χ4v) is 2.02. The Morgan fingerprint density at radius 1 is 1.06 bits per heavy atom. The van der Waals surface area contributed by atoms with Crippen molar-refractivity contribution in [3.05, 3.63) is 57.8 Å². The lowest BCUT2D eigenvalue weighted by molar-refractivity contribution is 0.628. The molecule has 0 amide bonds. The fourth-order valence-electron chi connectivity index (χ4n) is 1.72. The van der Waals surface area contributed by atoms with E-state index in [4.69, 9.17) is 28.5 Å². The third-order valence-electron chi connectivity index (χ3n) is 2.57. The average Bonchev–Trinajstić information content (AvgIpc) is 2.35. The molecule has 0 aliphatic heterocycles. The Bertz CT molecular complexity index is 632. The first-order chi connectivity index (χ1) is 8.61. The zero-order chi connectivity index (χ0) is 13.1. The molecule has 0 radical (unpaired) electrons. The molecule has 0 bridgehead atoms. The van der Waals surface area contributed by atoms with Crippen LogP contribution in [0, 0.1) is 17.1 Å². The number of rotatable bonds is 2. The van der Waals surface area contributed by atoms with E-state index in [1.165, 1.54) is 12.1 Å². The summed E-state index contributed by atoms with van der Waals surface area (Å²) in [4.78, 5) is 0. The van der Waals surface area contributed by atoms with E-state index in [1.54, 1.807) is 24.3 Å². The van der Waals surface area contributed by atoms with Crippen LogP contribution in [-0.4, -0.2) is 0 Å². The second-order valence-corrected chi connectivity index (χ2v) is 4.58. The predicted octanol–water partition coefficient (Wildman–Crippen LogP) is 4.87. The summed E-state index contributed by atoms with van der Waals surface area (Å²) in [5.41, 5.74) is 2.17. The first kappa shape index (κ1) is 12.9. The smallest absolute Gasteiger partial charge is 0.123 e. The molecular formula is C14H8Cl2FN. The molecule has 0 saturated carbocycles. The van der Waals surface area contributed by atoms with Crippen LogP contribution >= 0.6 is 23.2 Å². The average molecular weight is 280 g/mol. The molecular weight excluding hydrogens is 272 g/mol. The molecule has 2 aromatic rings. The fraction of sp³-hybridized carbons (Fsp3) is 0.0714. The van der Waals surface area contributed by atoms with Crippen molar-refractivity contribution in [2.45, 2.75) is 6.42 Å². The van der Waals surface area contributed by atoms with Crippen molar-refractivity contribution in [2.75, 3.05) is 0 Å². The summed E-state index contributed by atoms with van der Waals surface area (Å²) >= 11 is 11.8. The van der Waals surface area contributed by atoms with Crippen LogP contribution in [0.25, 0.3) is 11.1 Å². The molecule has 0 N–H and O–H groups in total.